The highest BCUT2D eigenvalue weighted by molar-refractivity contribution is 14.1. The first-order valence-corrected chi connectivity index (χ1v) is 7.72. The van der Waals surface area contributed by atoms with E-state index >= 15 is 0 Å². The van der Waals surface area contributed by atoms with E-state index in [0.717, 1.165) is 25.1 Å². The highest BCUT2D eigenvalue weighted by Gasteiger charge is 2.24. The van der Waals surface area contributed by atoms with E-state index in [2.05, 4.69) is 11.8 Å². The highest BCUT2D eigenvalue weighted by atomic mass is 127. The van der Waals surface area contributed by atoms with Crippen molar-refractivity contribution in [3.63, 3.8) is 0 Å². The molecule has 0 radical (unpaired) electrons. The first-order chi connectivity index (χ1) is 8.63. The van der Waals surface area contributed by atoms with E-state index < -0.39 is 0 Å². The molecular weight excluding hydrogens is 342 g/mol. The van der Waals surface area contributed by atoms with Crippen LogP contribution in [0.15, 0.2) is 12.1 Å². The van der Waals surface area contributed by atoms with E-state index in [0.29, 0.717) is 15.3 Å². The van der Waals surface area contributed by atoms with Crippen molar-refractivity contribution in [3.8, 4) is 0 Å². The van der Waals surface area contributed by atoms with Gasteiger partial charge in [-0.15, -0.1) is 0 Å². The van der Waals surface area contributed by atoms with Crippen LogP contribution < -0.4 is 10.6 Å². The minimum absolute atomic E-state index is 0.166. The molecule has 1 aliphatic rings. The monoisotopic (exact) mass is 362 g/mol. The average Bonchev–Trinajstić information content (AvgIpc) is 2.35. The van der Waals surface area contributed by atoms with Crippen LogP contribution in [0.3, 0.4) is 0 Å². The number of halogens is 2. The molecule has 0 spiro atoms. The van der Waals surface area contributed by atoms with Crippen LogP contribution in [-0.2, 0) is 0 Å². The molecule has 1 aliphatic heterocycles. The van der Waals surface area contributed by atoms with Crippen LogP contribution in [0.4, 0.5) is 15.8 Å². The summed E-state index contributed by atoms with van der Waals surface area (Å²) in [6, 6.07) is 3.86. The van der Waals surface area contributed by atoms with Crippen LogP contribution in [0, 0.1) is 9.39 Å². The van der Waals surface area contributed by atoms with Gasteiger partial charge in [0.1, 0.15) is 5.82 Å². The van der Waals surface area contributed by atoms with Gasteiger partial charge in [-0.1, -0.05) is 13.3 Å². The van der Waals surface area contributed by atoms with Crippen molar-refractivity contribution in [3.05, 3.63) is 21.5 Å². The third kappa shape index (κ3) is 2.90. The van der Waals surface area contributed by atoms with Crippen LogP contribution in [0.5, 0.6) is 0 Å². The Morgan fingerprint density at radius 2 is 2.22 bits per heavy atom. The number of hydrogen-bond donors (Lipinski definition) is 1. The Labute approximate surface area is 122 Å². The molecule has 0 aromatic heterocycles. The zero-order valence-electron chi connectivity index (χ0n) is 10.8. The largest absolute Gasteiger partial charge is 0.397 e. The lowest BCUT2D eigenvalue weighted by atomic mass is 9.97. The second-order valence-corrected chi connectivity index (χ2v) is 6.12. The van der Waals surface area contributed by atoms with Gasteiger partial charge in [-0.3, -0.25) is 0 Å². The van der Waals surface area contributed by atoms with Gasteiger partial charge in [-0.05, 0) is 54.3 Å². The van der Waals surface area contributed by atoms with Gasteiger partial charge in [0.25, 0.3) is 0 Å². The van der Waals surface area contributed by atoms with Gasteiger partial charge in [0.15, 0.2) is 0 Å². The molecule has 1 atom stereocenters. The summed E-state index contributed by atoms with van der Waals surface area (Å²) in [7, 11) is 0. The number of piperidine rings is 1. The summed E-state index contributed by atoms with van der Waals surface area (Å²) in [5.74, 6) is -0.166. The number of anilines is 2. The van der Waals surface area contributed by atoms with Crippen LogP contribution in [-0.4, -0.2) is 12.6 Å². The van der Waals surface area contributed by atoms with E-state index in [1.807, 2.05) is 22.6 Å². The summed E-state index contributed by atoms with van der Waals surface area (Å²) in [5.41, 5.74) is 7.64. The standard InChI is InChI=1S/C14H20FIN2/c1-2-5-10-6-3-4-7-18(10)14-8-11(15)12(16)9-13(14)17/h8-10H,2-7,17H2,1H3. The SMILES string of the molecule is CCCC1CCCCN1c1cc(F)c(I)cc1N. The maximum Gasteiger partial charge on any atom is 0.138 e. The third-order valence-electron chi connectivity index (χ3n) is 3.63. The zero-order chi connectivity index (χ0) is 13.1. The van der Waals surface area contributed by atoms with E-state index in [1.54, 1.807) is 12.1 Å². The van der Waals surface area contributed by atoms with Gasteiger partial charge in [0.2, 0.25) is 0 Å². The second kappa shape index (κ2) is 6.08. The van der Waals surface area contributed by atoms with Crippen molar-refractivity contribution in [1.29, 1.82) is 0 Å². The van der Waals surface area contributed by atoms with Gasteiger partial charge in [0, 0.05) is 18.7 Å². The molecule has 1 saturated heterocycles. The van der Waals surface area contributed by atoms with Gasteiger partial charge in [-0.2, -0.15) is 0 Å². The lowest BCUT2D eigenvalue weighted by molar-refractivity contribution is 0.434. The fourth-order valence-electron chi connectivity index (χ4n) is 2.75. The molecule has 0 saturated carbocycles. The summed E-state index contributed by atoms with van der Waals surface area (Å²) < 4.78 is 14.3. The Balaban J connectivity index is 2.30. The molecule has 0 amide bonds. The number of nitrogens with two attached hydrogens (primary N) is 1. The molecule has 0 bridgehead atoms. The molecule has 2 N–H and O–H groups in total. The van der Waals surface area contributed by atoms with Crippen LogP contribution >= 0.6 is 22.6 Å². The molecule has 1 aromatic carbocycles. The smallest absolute Gasteiger partial charge is 0.138 e. The lowest BCUT2D eigenvalue weighted by Crippen LogP contribution is -2.40. The van der Waals surface area contributed by atoms with Gasteiger partial charge >= 0.3 is 0 Å². The van der Waals surface area contributed by atoms with E-state index in [9.17, 15) is 4.39 Å². The molecule has 2 nitrogen and oxygen atoms in total. The Bertz CT molecular complexity index is 421. The van der Waals surface area contributed by atoms with Crippen LogP contribution in [0.1, 0.15) is 39.0 Å². The summed E-state index contributed by atoms with van der Waals surface area (Å²) in [4.78, 5) is 2.31. The Hall–Kier alpha value is -0.520. The number of nitrogen functional groups attached to an aromatic ring is 1. The van der Waals surface area contributed by atoms with E-state index in [-0.39, 0.29) is 5.82 Å². The molecule has 0 aliphatic carbocycles. The normalized spacial score (nSPS) is 20.2. The molecule has 2 rings (SSSR count). The fraction of sp³-hybridized carbons (Fsp3) is 0.571. The molecule has 1 heterocycles. The van der Waals surface area contributed by atoms with E-state index in [1.165, 1.54) is 19.3 Å². The maximum atomic E-state index is 13.7. The zero-order valence-corrected chi connectivity index (χ0v) is 12.9. The Kier molecular flexibility index (Phi) is 4.70. The molecule has 4 heteroatoms. The second-order valence-electron chi connectivity index (χ2n) is 4.96. The van der Waals surface area contributed by atoms with E-state index in [4.69, 9.17) is 5.73 Å². The lowest BCUT2D eigenvalue weighted by Gasteiger charge is -2.38. The summed E-state index contributed by atoms with van der Waals surface area (Å²) in [6.07, 6.45) is 5.96. The topological polar surface area (TPSA) is 29.3 Å². The highest BCUT2D eigenvalue weighted by Crippen LogP contribution is 2.33. The summed E-state index contributed by atoms with van der Waals surface area (Å²) in [6.45, 7) is 3.19. The fourth-order valence-corrected chi connectivity index (χ4v) is 3.24. The van der Waals surface area contributed by atoms with Crippen molar-refractivity contribution >= 4 is 34.0 Å². The minimum Gasteiger partial charge on any atom is -0.397 e. The molecular formula is C14H20FIN2. The first-order valence-electron chi connectivity index (χ1n) is 6.64. The summed E-state index contributed by atoms with van der Waals surface area (Å²) >= 11 is 1.99. The van der Waals surface area contributed by atoms with Gasteiger partial charge in [0.05, 0.1) is 14.9 Å². The van der Waals surface area contributed by atoms with Crippen molar-refractivity contribution < 1.29 is 4.39 Å². The predicted molar refractivity (Wildman–Crippen MR) is 83.4 cm³/mol. The summed E-state index contributed by atoms with van der Waals surface area (Å²) in [5, 5.41) is 0. The van der Waals surface area contributed by atoms with Crippen molar-refractivity contribution in [1.82, 2.24) is 0 Å². The Morgan fingerprint density at radius 3 is 2.94 bits per heavy atom. The molecule has 18 heavy (non-hydrogen) atoms. The van der Waals surface area contributed by atoms with Crippen molar-refractivity contribution in [2.24, 2.45) is 0 Å². The molecule has 100 valence electrons. The van der Waals surface area contributed by atoms with Gasteiger partial charge in [-0.25, -0.2) is 4.39 Å². The number of benzene rings is 1. The molecule has 1 unspecified atom stereocenters. The maximum absolute atomic E-state index is 13.7. The van der Waals surface area contributed by atoms with Crippen LogP contribution in [0.2, 0.25) is 0 Å². The van der Waals surface area contributed by atoms with Crippen molar-refractivity contribution in [2.45, 2.75) is 45.1 Å². The number of nitrogens with zero attached hydrogens (tertiary/aromatic N) is 1. The molecule has 1 aromatic rings. The number of rotatable bonds is 3. The predicted octanol–water partition coefficient (Wildman–Crippen LogP) is 4.17. The quantitative estimate of drug-likeness (QED) is 0.646. The number of hydrogen-bond acceptors (Lipinski definition) is 2. The molecule has 1 fully saturated rings. The minimum atomic E-state index is -0.166. The Morgan fingerprint density at radius 1 is 1.44 bits per heavy atom. The van der Waals surface area contributed by atoms with Gasteiger partial charge < -0.3 is 10.6 Å². The van der Waals surface area contributed by atoms with Crippen LogP contribution in [0.25, 0.3) is 0 Å². The van der Waals surface area contributed by atoms with Crippen molar-refractivity contribution in [2.75, 3.05) is 17.2 Å². The third-order valence-corrected chi connectivity index (χ3v) is 4.45. The average molecular weight is 362 g/mol. The first kappa shape index (κ1) is 13.9.